The Balaban J connectivity index is 0.000000212. The Morgan fingerprint density at radius 1 is 1.08 bits per heavy atom. The molecule has 1 aromatic heterocycles. The summed E-state index contributed by atoms with van der Waals surface area (Å²) < 4.78 is 43.8. The first kappa shape index (κ1) is 26.5. The number of benzene rings is 2. The van der Waals surface area contributed by atoms with E-state index in [1.165, 1.54) is 12.1 Å². The van der Waals surface area contributed by atoms with Gasteiger partial charge in [-0.15, -0.1) is 0 Å². The minimum absolute atomic E-state index is 0.00349. The molecular formula is C25H26F3N5O3. The number of nitrogen functional groups attached to an aromatic ring is 1. The predicted octanol–water partition coefficient (Wildman–Crippen LogP) is 3.88. The fourth-order valence-electron chi connectivity index (χ4n) is 3.35. The molecular weight excluding hydrogens is 475 g/mol. The molecule has 1 aliphatic rings. The van der Waals surface area contributed by atoms with Gasteiger partial charge < -0.3 is 26.4 Å². The largest absolute Gasteiger partial charge is 0.418 e. The first-order valence-electron chi connectivity index (χ1n) is 11.1. The number of rotatable bonds is 7. The van der Waals surface area contributed by atoms with Crippen molar-refractivity contribution >= 4 is 29.5 Å². The molecule has 5 N–H and O–H groups in total. The van der Waals surface area contributed by atoms with Gasteiger partial charge in [0.15, 0.2) is 0 Å². The van der Waals surface area contributed by atoms with Crippen molar-refractivity contribution in [2.24, 2.45) is 0 Å². The van der Waals surface area contributed by atoms with Crippen molar-refractivity contribution in [2.45, 2.75) is 25.2 Å². The number of amides is 2. The van der Waals surface area contributed by atoms with E-state index < -0.39 is 11.7 Å². The second-order valence-electron chi connectivity index (χ2n) is 7.85. The number of alkyl halides is 3. The van der Waals surface area contributed by atoms with Gasteiger partial charge in [-0.3, -0.25) is 9.59 Å². The van der Waals surface area contributed by atoms with Crippen molar-refractivity contribution in [3.63, 3.8) is 0 Å². The summed E-state index contributed by atoms with van der Waals surface area (Å²) >= 11 is 0. The van der Waals surface area contributed by atoms with Crippen LogP contribution in [0.3, 0.4) is 0 Å². The number of hydrogen-bond donors (Lipinski definition) is 4. The van der Waals surface area contributed by atoms with Crippen LogP contribution in [0.5, 0.6) is 0 Å². The van der Waals surface area contributed by atoms with Crippen LogP contribution in [0.2, 0.25) is 0 Å². The molecule has 11 heteroatoms. The number of anilines is 3. The molecule has 36 heavy (non-hydrogen) atoms. The lowest BCUT2D eigenvalue weighted by atomic mass is 10.1. The Morgan fingerprint density at radius 3 is 2.47 bits per heavy atom. The minimum atomic E-state index is -4.41. The Morgan fingerprint density at radius 2 is 1.83 bits per heavy atom. The van der Waals surface area contributed by atoms with Crippen LogP contribution < -0.4 is 21.7 Å². The SMILES string of the molecule is Nc1cccc(C(=O)NC2CCOC2)n1.O=CNCc1ccc(Nc2ccccc2C(F)(F)F)cc1. The Hall–Kier alpha value is -4.12. The monoisotopic (exact) mass is 501 g/mol. The summed E-state index contributed by atoms with van der Waals surface area (Å²) in [5, 5.41) is 8.11. The van der Waals surface area contributed by atoms with Crippen LogP contribution in [-0.2, 0) is 22.3 Å². The fraction of sp³-hybridized carbons (Fsp3) is 0.240. The number of carbonyl (C=O) groups is 2. The number of carbonyl (C=O) groups excluding carboxylic acids is 2. The summed E-state index contributed by atoms with van der Waals surface area (Å²) in [6, 6.07) is 17.2. The Labute approximate surface area is 206 Å². The maximum absolute atomic E-state index is 12.9. The van der Waals surface area contributed by atoms with Crippen LogP contribution in [0.25, 0.3) is 0 Å². The van der Waals surface area contributed by atoms with Crippen LogP contribution in [0.15, 0.2) is 66.7 Å². The van der Waals surface area contributed by atoms with Crippen LogP contribution in [-0.4, -0.2) is 36.6 Å². The van der Waals surface area contributed by atoms with Crippen LogP contribution in [0.4, 0.5) is 30.4 Å². The molecule has 3 aromatic rings. The van der Waals surface area contributed by atoms with E-state index >= 15 is 0 Å². The number of nitrogens with one attached hydrogen (secondary N) is 3. The average molecular weight is 502 g/mol. The first-order valence-corrected chi connectivity index (χ1v) is 11.1. The zero-order chi connectivity index (χ0) is 26.0. The summed E-state index contributed by atoms with van der Waals surface area (Å²) in [5.74, 6) is 0.156. The normalized spacial score (nSPS) is 14.8. The zero-order valence-corrected chi connectivity index (χ0v) is 19.2. The van der Waals surface area contributed by atoms with Gasteiger partial charge in [0.2, 0.25) is 6.41 Å². The van der Waals surface area contributed by atoms with E-state index in [1.807, 2.05) is 0 Å². The van der Waals surface area contributed by atoms with E-state index in [9.17, 15) is 22.8 Å². The van der Waals surface area contributed by atoms with Crippen LogP contribution >= 0.6 is 0 Å². The van der Waals surface area contributed by atoms with Gasteiger partial charge in [0.1, 0.15) is 11.5 Å². The van der Waals surface area contributed by atoms with Gasteiger partial charge in [-0.2, -0.15) is 13.2 Å². The van der Waals surface area contributed by atoms with Gasteiger partial charge in [0.25, 0.3) is 5.91 Å². The molecule has 1 aliphatic heterocycles. The number of nitrogens with two attached hydrogens (primary N) is 1. The molecule has 2 amide bonds. The van der Waals surface area contributed by atoms with E-state index in [0.29, 0.717) is 43.4 Å². The minimum Gasteiger partial charge on any atom is -0.384 e. The number of ether oxygens (including phenoxy) is 1. The molecule has 2 heterocycles. The van der Waals surface area contributed by atoms with E-state index in [4.69, 9.17) is 10.5 Å². The lowest BCUT2D eigenvalue weighted by Crippen LogP contribution is -2.35. The van der Waals surface area contributed by atoms with Crippen molar-refractivity contribution in [2.75, 3.05) is 24.3 Å². The van der Waals surface area contributed by atoms with Gasteiger partial charge in [-0.05, 0) is 48.4 Å². The number of halogens is 3. The predicted molar refractivity (Wildman–Crippen MR) is 129 cm³/mol. The van der Waals surface area contributed by atoms with Crippen LogP contribution in [0.1, 0.15) is 28.0 Å². The smallest absolute Gasteiger partial charge is 0.384 e. The van der Waals surface area contributed by atoms with Crippen molar-refractivity contribution in [1.82, 2.24) is 15.6 Å². The molecule has 0 radical (unpaired) electrons. The van der Waals surface area contributed by atoms with Gasteiger partial charge in [0.05, 0.1) is 23.9 Å². The molecule has 2 aromatic carbocycles. The third kappa shape index (κ3) is 7.98. The lowest BCUT2D eigenvalue weighted by Gasteiger charge is -2.14. The first-order chi connectivity index (χ1) is 17.3. The quantitative estimate of drug-likeness (QED) is 0.365. The molecule has 0 bridgehead atoms. The standard InChI is InChI=1S/C15H13F3N2O.C10H13N3O2/c16-15(17,18)13-3-1-2-4-14(13)20-12-7-5-11(6-8-12)9-19-10-21;11-9-3-1-2-8(13-9)10(14)12-7-4-5-15-6-7/h1-8,10,20H,9H2,(H,19,21);1-3,7H,4-6H2,(H2,11,13)(H,12,14). The van der Waals surface area contributed by atoms with Crippen LogP contribution in [0, 0.1) is 0 Å². The highest BCUT2D eigenvalue weighted by Crippen LogP contribution is 2.35. The number of para-hydroxylation sites is 1. The second-order valence-corrected chi connectivity index (χ2v) is 7.85. The summed E-state index contributed by atoms with van der Waals surface area (Å²) in [6.45, 7) is 1.66. The van der Waals surface area contributed by atoms with Crippen molar-refractivity contribution in [1.29, 1.82) is 0 Å². The molecule has 8 nitrogen and oxygen atoms in total. The topological polar surface area (TPSA) is 118 Å². The fourth-order valence-corrected chi connectivity index (χ4v) is 3.35. The molecule has 1 atom stereocenters. The molecule has 1 unspecified atom stereocenters. The van der Waals surface area contributed by atoms with Crippen molar-refractivity contribution < 1.29 is 27.5 Å². The van der Waals surface area contributed by atoms with E-state index in [2.05, 4.69) is 20.9 Å². The van der Waals surface area contributed by atoms with E-state index in [0.717, 1.165) is 18.1 Å². The molecule has 0 saturated carbocycles. The third-order valence-electron chi connectivity index (χ3n) is 5.12. The van der Waals surface area contributed by atoms with Gasteiger partial charge in [-0.1, -0.05) is 30.3 Å². The molecule has 0 aliphatic carbocycles. The van der Waals surface area contributed by atoms with Gasteiger partial charge in [0, 0.05) is 18.8 Å². The molecule has 190 valence electrons. The highest BCUT2D eigenvalue weighted by Gasteiger charge is 2.33. The van der Waals surface area contributed by atoms with E-state index in [1.54, 1.807) is 48.5 Å². The summed E-state index contributed by atoms with van der Waals surface area (Å²) in [5.41, 5.74) is 6.53. The molecule has 0 spiro atoms. The summed E-state index contributed by atoms with van der Waals surface area (Å²) in [7, 11) is 0. The maximum Gasteiger partial charge on any atom is 0.418 e. The van der Waals surface area contributed by atoms with Crippen molar-refractivity contribution in [3.05, 3.63) is 83.6 Å². The molecule has 1 saturated heterocycles. The highest BCUT2D eigenvalue weighted by atomic mass is 19.4. The van der Waals surface area contributed by atoms with Gasteiger partial charge >= 0.3 is 6.18 Å². The lowest BCUT2D eigenvalue weighted by molar-refractivity contribution is -0.136. The van der Waals surface area contributed by atoms with Crippen molar-refractivity contribution in [3.8, 4) is 0 Å². The number of hydrogen-bond acceptors (Lipinski definition) is 6. The number of nitrogens with zero attached hydrogens (tertiary/aromatic N) is 1. The Kier molecular flexibility index (Phi) is 9.23. The highest BCUT2D eigenvalue weighted by molar-refractivity contribution is 5.92. The third-order valence-corrected chi connectivity index (χ3v) is 5.12. The Bertz CT molecular complexity index is 1150. The zero-order valence-electron chi connectivity index (χ0n) is 19.2. The average Bonchev–Trinajstić information content (AvgIpc) is 3.37. The number of pyridine rings is 1. The van der Waals surface area contributed by atoms with Gasteiger partial charge in [-0.25, -0.2) is 4.98 Å². The molecule has 1 fully saturated rings. The summed E-state index contributed by atoms with van der Waals surface area (Å²) in [4.78, 5) is 25.8. The maximum atomic E-state index is 12.9. The molecule has 4 rings (SSSR count). The summed E-state index contributed by atoms with van der Waals surface area (Å²) in [6.07, 6.45) is -2.96. The van der Waals surface area contributed by atoms with E-state index in [-0.39, 0.29) is 17.6 Å². The number of aromatic nitrogens is 1. The second kappa shape index (κ2) is 12.5.